The highest BCUT2D eigenvalue weighted by Crippen LogP contribution is 2.28. The molecule has 2 aromatic rings. The van der Waals surface area contributed by atoms with Crippen LogP contribution in [0.4, 0.5) is 0 Å². The fraction of sp³-hybridized carbons (Fsp3) is 0.471. The topological polar surface area (TPSA) is 65.1 Å². The van der Waals surface area contributed by atoms with E-state index in [0.29, 0.717) is 13.0 Å². The third-order valence-electron chi connectivity index (χ3n) is 4.40. The number of carboxylic acid groups (broad SMARTS) is 1. The van der Waals surface area contributed by atoms with Crippen LogP contribution < -0.4 is 5.32 Å². The normalized spacial score (nSPS) is 15.9. The summed E-state index contributed by atoms with van der Waals surface area (Å²) in [5, 5.41) is 13.5. The van der Waals surface area contributed by atoms with Crippen molar-refractivity contribution in [3.63, 3.8) is 0 Å². The summed E-state index contributed by atoms with van der Waals surface area (Å²) in [4.78, 5) is 14.6. The van der Waals surface area contributed by atoms with E-state index >= 15 is 0 Å². The van der Waals surface area contributed by atoms with Crippen molar-refractivity contribution in [2.24, 2.45) is 0 Å². The summed E-state index contributed by atoms with van der Waals surface area (Å²) in [7, 11) is 0. The van der Waals surface area contributed by atoms with Crippen LogP contribution >= 0.6 is 0 Å². The standard InChI is InChI=1S/C17H22N2O2/c1-2-18-16(17(20)21)9-13-10-19-15-8-12-6-4-3-5-11(12)7-14(13)15/h7-8,10,16,18-19H,2-6,9H2,1H3,(H,20,21). The van der Waals surface area contributed by atoms with Crippen molar-refractivity contribution < 1.29 is 9.90 Å². The van der Waals surface area contributed by atoms with Crippen LogP contribution in [0.15, 0.2) is 18.3 Å². The Balaban J connectivity index is 1.94. The molecule has 21 heavy (non-hydrogen) atoms. The number of fused-ring (bicyclic) bond motifs is 2. The van der Waals surface area contributed by atoms with Crippen molar-refractivity contribution in [2.75, 3.05) is 6.54 Å². The lowest BCUT2D eigenvalue weighted by atomic mass is 9.90. The summed E-state index contributed by atoms with van der Waals surface area (Å²) in [6, 6.07) is 3.99. The van der Waals surface area contributed by atoms with Gasteiger partial charge in [0.2, 0.25) is 0 Å². The first-order valence-corrected chi connectivity index (χ1v) is 7.77. The molecule has 0 saturated heterocycles. The molecule has 1 unspecified atom stereocenters. The van der Waals surface area contributed by atoms with E-state index in [2.05, 4.69) is 22.4 Å². The molecule has 0 amide bonds. The molecule has 0 radical (unpaired) electrons. The first-order valence-electron chi connectivity index (χ1n) is 7.77. The Labute approximate surface area is 124 Å². The summed E-state index contributed by atoms with van der Waals surface area (Å²) in [6.07, 6.45) is 7.31. The molecule has 1 heterocycles. The molecule has 0 fully saturated rings. The average molecular weight is 286 g/mol. The Morgan fingerprint density at radius 2 is 2.05 bits per heavy atom. The number of hydrogen-bond donors (Lipinski definition) is 3. The second kappa shape index (κ2) is 5.90. The van der Waals surface area contributed by atoms with Gasteiger partial charge >= 0.3 is 5.97 Å². The minimum absolute atomic E-state index is 0.516. The summed E-state index contributed by atoms with van der Waals surface area (Å²) >= 11 is 0. The van der Waals surface area contributed by atoms with Crippen LogP contribution in [0.2, 0.25) is 0 Å². The Morgan fingerprint density at radius 3 is 2.71 bits per heavy atom. The second-order valence-electron chi connectivity index (χ2n) is 5.84. The lowest BCUT2D eigenvalue weighted by Gasteiger charge is -2.16. The molecule has 112 valence electrons. The molecule has 1 aliphatic carbocycles. The van der Waals surface area contributed by atoms with Crippen LogP contribution in [0, 0.1) is 0 Å². The molecular formula is C17H22N2O2. The fourth-order valence-corrected chi connectivity index (χ4v) is 3.30. The molecule has 0 spiro atoms. The van der Waals surface area contributed by atoms with Crippen molar-refractivity contribution in [3.05, 3.63) is 35.0 Å². The van der Waals surface area contributed by atoms with Gasteiger partial charge in [0.15, 0.2) is 0 Å². The van der Waals surface area contributed by atoms with Crippen LogP contribution in [0.1, 0.15) is 36.5 Å². The molecule has 4 nitrogen and oxygen atoms in total. The zero-order chi connectivity index (χ0) is 14.8. The van der Waals surface area contributed by atoms with Crippen LogP contribution in [0.25, 0.3) is 10.9 Å². The van der Waals surface area contributed by atoms with Crippen molar-refractivity contribution in [1.82, 2.24) is 10.3 Å². The van der Waals surface area contributed by atoms with Crippen molar-refractivity contribution in [3.8, 4) is 0 Å². The maximum Gasteiger partial charge on any atom is 0.321 e. The smallest absolute Gasteiger partial charge is 0.321 e. The van der Waals surface area contributed by atoms with Gasteiger partial charge in [-0.25, -0.2) is 0 Å². The van der Waals surface area contributed by atoms with E-state index in [1.165, 1.54) is 29.4 Å². The SMILES string of the molecule is CCNC(Cc1c[nH]c2cc3c(cc12)CCCC3)C(=O)O. The van der Waals surface area contributed by atoms with E-state index in [4.69, 9.17) is 0 Å². The maximum atomic E-state index is 11.3. The number of aliphatic carboxylic acids is 1. The molecule has 0 aliphatic heterocycles. The average Bonchev–Trinajstić information content (AvgIpc) is 2.86. The quantitative estimate of drug-likeness (QED) is 0.791. The highest BCUT2D eigenvalue weighted by atomic mass is 16.4. The zero-order valence-corrected chi connectivity index (χ0v) is 12.4. The maximum absolute atomic E-state index is 11.3. The molecule has 1 aromatic carbocycles. The summed E-state index contributed by atoms with van der Waals surface area (Å²) in [5.74, 6) is -0.788. The van der Waals surface area contributed by atoms with Gasteiger partial charge in [0.1, 0.15) is 6.04 Å². The number of rotatable bonds is 5. The van der Waals surface area contributed by atoms with Gasteiger partial charge in [0.25, 0.3) is 0 Å². The highest BCUT2D eigenvalue weighted by Gasteiger charge is 2.19. The number of hydrogen-bond acceptors (Lipinski definition) is 2. The summed E-state index contributed by atoms with van der Waals surface area (Å²) < 4.78 is 0. The number of aryl methyl sites for hydroxylation is 2. The molecular weight excluding hydrogens is 264 g/mol. The van der Waals surface area contributed by atoms with E-state index in [1.807, 2.05) is 13.1 Å². The largest absolute Gasteiger partial charge is 0.480 e. The van der Waals surface area contributed by atoms with Gasteiger partial charge in [0, 0.05) is 23.5 Å². The molecule has 1 atom stereocenters. The van der Waals surface area contributed by atoms with Crippen molar-refractivity contribution in [1.29, 1.82) is 0 Å². The first-order chi connectivity index (χ1) is 10.2. The Kier molecular flexibility index (Phi) is 3.97. The van der Waals surface area contributed by atoms with E-state index in [1.54, 1.807) is 0 Å². The second-order valence-corrected chi connectivity index (χ2v) is 5.84. The molecule has 4 heteroatoms. The van der Waals surface area contributed by atoms with Crippen molar-refractivity contribution in [2.45, 2.75) is 45.1 Å². The van der Waals surface area contributed by atoms with E-state index in [-0.39, 0.29) is 0 Å². The van der Waals surface area contributed by atoms with Crippen LogP contribution in [0.5, 0.6) is 0 Å². The number of carbonyl (C=O) groups is 1. The minimum Gasteiger partial charge on any atom is -0.480 e. The minimum atomic E-state index is -0.788. The lowest BCUT2D eigenvalue weighted by Crippen LogP contribution is -2.38. The van der Waals surface area contributed by atoms with Gasteiger partial charge in [-0.15, -0.1) is 0 Å². The molecule has 0 bridgehead atoms. The molecule has 3 N–H and O–H groups in total. The monoisotopic (exact) mass is 286 g/mol. The summed E-state index contributed by atoms with van der Waals surface area (Å²) in [5.41, 5.74) is 5.10. The number of carboxylic acids is 1. The third-order valence-corrected chi connectivity index (χ3v) is 4.40. The van der Waals surface area contributed by atoms with Gasteiger partial charge in [-0.3, -0.25) is 4.79 Å². The number of benzene rings is 1. The van der Waals surface area contributed by atoms with Gasteiger partial charge < -0.3 is 15.4 Å². The molecule has 3 rings (SSSR count). The third kappa shape index (κ3) is 2.81. The van der Waals surface area contributed by atoms with Gasteiger partial charge in [-0.1, -0.05) is 6.92 Å². The summed E-state index contributed by atoms with van der Waals surface area (Å²) in [6.45, 7) is 2.59. The number of aromatic nitrogens is 1. The number of aromatic amines is 1. The predicted octanol–water partition coefficient (Wildman–Crippen LogP) is 2.65. The first kappa shape index (κ1) is 14.1. The van der Waals surface area contributed by atoms with Crippen LogP contribution in [-0.2, 0) is 24.1 Å². The van der Waals surface area contributed by atoms with Crippen LogP contribution in [0.3, 0.4) is 0 Å². The van der Waals surface area contributed by atoms with Crippen LogP contribution in [-0.4, -0.2) is 28.6 Å². The van der Waals surface area contributed by atoms with Crippen molar-refractivity contribution >= 4 is 16.9 Å². The van der Waals surface area contributed by atoms with Gasteiger partial charge in [-0.05, 0) is 61.1 Å². The predicted molar refractivity (Wildman–Crippen MR) is 83.7 cm³/mol. The van der Waals surface area contributed by atoms with Gasteiger partial charge in [-0.2, -0.15) is 0 Å². The van der Waals surface area contributed by atoms with E-state index in [9.17, 15) is 9.90 Å². The number of H-pyrrole nitrogens is 1. The van der Waals surface area contributed by atoms with Gasteiger partial charge in [0.05, 0.1) is 0 Å². The fourth-order valence-electron chi connectivity index (χ4n) is 3.30. The number of likely N-dealkylation sites (N-methyl/N-ethyl adjacent to an activating group) is 1. The number of nitrogens with one attached hydrogen (secondary N) is 2. The Hall–Kier alpha value is -1.81. The highest BCUT2D eigenvalue weighted by molar-refractivity contribution is 5.86. The lowest BCUT2D eigenvalue weighted by molar-refractivity contribution is -0.139. The zero-order valence-electron chi connectivity index (χ0n) is 12.4. The molecule has 0 saturated carbocycles. The van der Waals surface area contributed by atoms with E-state index in [0.717, 1.165) is 23.9 Å². The molecule has 1 aromatic heterocycles. The Bertz CT molecular complexity index is 660. The van der Waals surface area contributed by atoms with E-state index < -0.39 is 12.0 Å². The molecule has 1 aliphatic rings. The Morgan fingerprint density at radius 1 is 1.33 bits per heavy atom.